The molecule has 1 rings (SSSR count). The van der Waals surface area contributed by atoms with Crippen LogP contribution in [0.1, 0.15) is 32.8 Å². The van der Waals surface area contributed by atoms with Crippen molar-refractivity contribution in [3.8, 4) is 0 Å². The molecule has 0 radical (unpaired) electrons. The van der Waals surface area contributed by atoms with Gasteiger partial charge in [0.15, 0.2) is 0 Å². The van der Waals surface area contributed by atoms with Crippen molar-refractivity contribution in [3.63, 3.8) is 0 Å². The molecule has 0 unspecified atom stereocenters. The van der Waals surface area contributed by atoms with Crippen LogP contribution in [0.5, 0.6) is 0 Å². The number of rotatable bonds is 6. The highest BCUT2D eigenvalue weighted by atomic mass is 14.9. The molecule has 0 saturated heterocycles. The van der Waals surface area contributed by atoms with Gasteiger partial charge in [0, 0.05) is 6.04 Å². The van der Waals surface area contributed by atoms with Crippen molar-refractivity contribution in [1.82, 2.24) is 5.32 Å². The Kier molecular flexibility index (Phi) is 5.41. The quantitative estimate of drug-likeness (QED) is 0.703. The largest absolute Gasteiger partial charge is 0.314 e. The molecule has 0 saturated carbocycles. The summed E-state index contributed by atoms with van der Waals surface area (Å²) < 4.78 is 0. The molecule has 1 nitrogen and oxygen atoms in total. The molecule has 0 aliphatic heterocycles. The highest BCUT2D eigenvalue weighted by molar-refractivity contribution is 5.14. The molecule has 1 atom stereocenters. The van der Waals surface area contributed by atoms with E-state index in [4.69, 9.17) is 0 Å². The standard InChI is InChI=1S/C14H23N/c1-12(2)13(3)15-11-7-10-14-8-5-4-6-9-14/h4-6,8-9,12-13,15H,7,10-11H2,1-3H3/t13-/m0/s1. The first-order valence-electron chi connectivity index (χ1n) is 5.97. The van der Waals surface area contributed by atoms with Crippen LogP contribution in [0.3, 0.4) is 0 Å². The second kappa shape index (κ2) is 6.62. The molecule has 84 valence electrons. The molecule has 0 amide bonds. The Morgan fingerprint density at radius 2 is 1.73 bits per heavy atom. The fraction of sp³-hybridized carbons (Fsp3) is 0.571. The lowest BCUT2D eigenvalue weighted by atomic mass is 10.1. The summed E-state index contributed by atoms with van der Waals surface area (Å²) >= 11 is 0. The van der Waals surface area contributed by atoms with Crippen molar-refractivity contribution in [2.24, 2.45) is 5.92 Å². The Balaban J connectivity index is 2.12. The van der Waals surface area contributed by atoms with Gasteiger partial charge >= 0.3 is 0 Å². The highest BCUT2D eigenvalue weighted by Gasteiger charge is 2.04. The zero-order valence-corrected chi connectivity index (χ0v) is 10.2. The molecule has 1 aromatic rings. The number of hydrogen-bond donors (Lipinski definition) is 1. The summed E-state index contributed by atoms with van der Waals surface area (Å²) in [7, 11) is 0. The third-order valence-electron chi connectivity index (χ3n) is 2.95. The SMILES string of the molecule is CC(C)[C@H](C)NCCCc1ccccc1. The van der Waals surface area contributed by atoms with E-state index >= 15 is 0 Å². The molecule has 0 aromatic heterocycles. The van der Waals surface area contributed by atoms with Gasteiger partial charge in [-0.25, -0.2) is 0 Å². The summed E-state index contributed by atoms with van der Waals surface area (Å²) in [5.74, 6) is 0.724. The van der Waals surface area contributed by atoms with Crippen molar-refractivity contribution >= 4 is 0 Å². The third-order valence-corrected chi connectivity index (χ3v) is 2.95. The van der Waals surface area contributed by atoms with Crippen LogP contribution in [0.2, 0.25) is 0 Å². The maximum Gasteiger partial charge on any atom is 0.00617 e. The maximum atomic E-state index is 3.55. The fourth-order valence-corrected chi connectivity index (χ4v) is 1.50. The van der Waals surface area contributed by atoms with E-state index in [1.54, 1.807) is 0 Å². The second-order valence-electron chi connectivity index (χ2n) is 4.58. The summed E-state index contributed by atoms with van der Waals surface area (Å²) in [5.41, 5.74) is 1.44. The molecule has 0 aliphatic rings. The predicted molar refractivity (Wildman–Crippen MR) is 67.1 cm³/mol. The van der Waals surface area contributed by atoms with Gasteiger partial charge in [0.2, 0.25) is 0 Å². The van der Waals surface area contributed by atoms with Crippen LogP contribution < -0.4 is 5.32 Å². The van der Waals surface area contributed by atoms with Crippen LogP contribution in [0.4, 0.5) is 0 Å². The van der Waals surface area contributed by atoms with Crippen molar-refractivity contribution in [2.45, 2.75) is 39.7 Å². The van der Waals surface area contributed by atoms with Crippen LogP contribution in [-0.2, 0) is 6.42 Å². The van der Waals surface area contributed by atoms with E-state index < -0.39 is 0 Å². The molecule has 1 N–H and O–H groups in total. The molecular formula is C14H23N. The minimum atomic E-state index is 0.626. The van der Waals surface area contributed by atoms with Gasteiger partial charge in [0.1, 0.15) is 0 Å². The lowest BCUT2D eigenvalue weighted by Crippen LogP contribution is -2.31. The van der Waals surface area contributed by atoms with Crippen LogP contribution >= 0.6 is 0 Å². The predicted octanol–water partition coefficient (Wildman–Crippen LogP) is 3.25. The topological polar surface area (TPSA) is 12.0 Å². The molecule has 0 heterocycles. The first-order valence-corrected chi connectivity index (χ1v) is 5.97. The molecule has 1 heteroatoms. The Bertz CT molecular complexity index is 253. The number of hydrogen-bond acceptors (Lipinski definition) is 1. The van der Waals surface area contributed by atoms with Gasteiger partial charge in [-0.05, 0) is 37.8 Å². The molecule has 0 bridgehead atoms. The average Bonchev–Trinajstić information content (AvgIpc) is 2.25. The monoisotopic (exact) mass is 205 g/mol. The van der Waals surface area contributed by atoms with Gasteiger partial charge in [-0.2, -0.15) is 0 Å². The normalized spacial score (nSPS) is 13.1. The summed E-state index contributed by atoms with van der Waals surface area (Å²) in [4.78, 5) is 0. The van der Waals surface area contributed by atoms with Crippen molar-refractivity contribution in [2.75, 3.05) is 6.54 Å². The van der Waals surface area contributed by atoms with Gasteiger partial charge in [-0.15, -0.1) is 0 Å². The van der Waals surface area contributed by atoms with Gasteiger partial charge in [0.05, 0.1) is 0 Å². The lowest BCUT2D eigenvalue weighted by molar-refractivity contribution is 0.424. The van der Waals surface area contributed by atoms with Crippen molar-refractivity contribution in [1.29, 1.82) is 0 Å². The Hall–Kier alpha value is -0.820. The van der Waals surface area contributed by atoms with Gasteiger partial charge in [0.25, 0.3) is 0 Å². The lowest BCUT2D eigenvalue weighted by Gasteiger charge is -2.17. The highest BCUT2D eigenvalue weighted by Crippen LogP contribution is 2.03. The maximum absolute atomic E-state index is 3.55. The Morgan fingerprint density at radius 3 is 2.33 bits per heavy atom. The molecule has 15 heavy (non-hydrogen) atoms. The number of nitrogens with one attached hydrogen (secondary N) is 1. The van der Waals surface area contributed by atoms with E-state index in [-0.39, 0.29) is 0 Å². The van der Waals surface area contributed by atoms with Crippen LogP contribution in [0.25, 0.3) is 0 Å². The van der Waals surface area contributed by atoms with Crippen LogP contribution in [-0.4, -0.2) is 12.6 Å². The fourth-order valence-electron chi connectivity index (χ4n) is 1.50. The number of benzene rings is 1. The average molecular weight is 205 g/mol. The summed E-state index contributed by atoms with van der Waals surface area (Å²) in [6.07, 6.45) is 2.40. The Morgan fingerprint density at radius 1 is 1.07 bits per heavy atom. The zero-order chi connectivity index (χ0) is 11.1. The third kappa shape index (κ3) is 4.98. The van der Waals surface area contributed by atoms with Gasteiger partial charge in [-0.3, -0.25) is 0 Å². The Labute approximate surface area is 93.9 Å². The molecule has 0 aliphatic carbocycles. The van der Waals surface area contributed by atoms with E-state index in [0.717, 1.165) is 12.5 Å². The summed E-state index contributed by atoms with van der Waals surface area (Å²) in [5, 5.41) is 3.55. The summed E-state index contributed by atoms with van der Waals surface area (Å²) in [6.45, 7) is 7.89. The molecular weight excluding hydrogens is 182 g/mol. The van der Waals surface area contributed by atoms with E-state index in [1.807, 2.05) is 0 Å². The first kappa shape index (κ1) is 12.3. The molecule has 0 spiro atoms. The van der Waals surface area contributed by atoms with Crippen molar-refractivity contribution < 1.29 is 0 Å². The molecule has 0 fully saturated rings. The van der Waals surface area contributed by atoms with E-state index in [2.05, 4.69) is 56.4 Å². The van der Waals surface area contributed by atoms with E-state index in [0.29, 0.717) is 6.04 Å². The van der Waals surface area contributed by atoms with E-state index in [9.17, 15) is 0 Å². The second-order valence-corrected chi connectivity index (χ2v) is 4.58. The van der Waals surface area contributed by atoms with Gasteiger partial charge in [-0.1, -0.05) is 44.2 Å². The van der Waals surface area contributed by atoms with E-state index in [1.165, 1.54) is 18.4 Å². The zero-order valence-electron chi connectivity index (χ0n) is 10.2. The van der Waals surface area contributed by atoms with Crippen LogP contribution in [0, 0.1) is 5.92 Å². The minimum Gasteiger partial charge on any atom is -0.314 e. The molecule has 1 aromatic carbocycles. The van der Waals surface area contributed by atoms with Gasteiger partial charge < -0.3 is 5.32 Å². The van der Waals surface area contributed by atoms with Crippen molar-refractivity contribution in [3.05, 3.63) is 35.9 Å². The minimum absolute atomic E-state index is 0.626. The smallest absolute Gasteiger partial charge is 0.00617 e. The summed E-state index contributed by atoms with van der Waals surface area (Å²) in [6, 6.07) is 11.3. The first-order chi connectivity index (χ1) is 7.20. The number of aryl methyl sites for hydroxylation is 1. The van der Waals surface area contributed by atoms with Crippen LogP contribution in [0.15, 0.2) is 30.3 Å².